The van der Waals surface area contributed by atoms with E-state index in [1.165, 1.54) is 0 Å². The van der Waals surface area contributed by atoms with Crippen LogP contribution in [0.4, 0.5) is 0 Å². The van der Waals surface area contributed by atoms with Crippen LogP contribution < -0.4 is 5.32 Å². The monoisotopic (exact) mass is 323 g/mol. The Bertz CT molecular complexity index is 494. The smallest absolute Gasteiger partial charge is 0.329 e. The molecule has 1 amide bonds. The molecule has 0 saturated carbocycles. The average Bonchev–Trinajstić information content (AvgIpc) is 2.42. The molecular weight excluding hydrogens is 298 g/mol. The molecule has 22 heavy (non-hydrogen) atoms. The zero-order valence-corrected chi connectivity index (χ0v) is 14.7. The summed E-state index contributed by atoms with van der Waals surface area (Å²) in [5, 5.41) is 2.78. The molecule has 0 saturated heterocycles. The van der Waals surface area contributed by atoms with Gasteiger partial charge in [-0.25, -0.2) is 4.79 Å². The minimum Gasteiger partial charge on any atom is -0.461 e. The van der Waals surface area contributed by atoms with Gasteiger partial charge in [0.15, 0.2) is 0 Å². The van der Waals surface area contributed by atoms with E-state index in [2.05, 4.69) is 26.1 Å². The van der Waals surface area contributed by atoms with Gasteiger partial charge in [-0.3, -0.25) is 4.79 Å². The molecule has 0 fully saturated rings. The van der Waals surface area contributed by atoms with E-state index in [1.807, 2.05) is 6.07 Å². The quantitative estimate of drug-likeness (QED) is 0.816. The first kappa shape index (κ1) is 18.6. The Labute approximate surface area is 137 Å². The van der Waals surface area contributed by atoms with Gasteiger partial charge in [0.05, 0.1) is 6.10 Å². The molecule has 0 aliphatic rings. The molecule has 0 aliphatic heterocycles. The highest BCUT2D eigenvalue weighted by atomic mass is 32.2. The van der Waals surface area contributed by atoms with Crippen molar-refractivity contribution in [2.75, 3.05) is 5.75 Å². The highest BCUT2D eigenvalue weighted by molar-refractivity contribution is 8.00. The number of nitrogens with one attached hydrogen (secondary N) is 1. The highest BCUT2D eigenvalue weighted by Crippen LogP contribution is 2.24. The molecule has 1 rings (SSSR count). The van der Waals surface area contributed by atoms with Gasteiger partial charge >= 0.3 is 5.97 Å². The third-order valence-electron chi connectivity index (χ3n) is 2.66. The number of thioether (sulfide) groups is 1. The first-order valence-corrected chi connectivity index (χ1v) is 8.38. The van der Waals surface area contributed by atoms with Gasteiger partial charge in [-0.2, -0.15) is 11.8 Å². The van der Waals surface area contributed by atoms with Crippen LogP contribution in [0.3, 0.4) is 0 Å². The molecule has 0 bridgehead atoms. The second-order valence-corrected chi connectivity index (χ2v) is 8.15. The van der Waals surface area contributed by atoms with Crippen LogP contribution in [0.15, 0.2) is 30.3 Å². The van der Waals surface area contributed by atoms with Crippen molar-refractivity contribution in [3.63, 3.8) is 0 Å². The lowest BCUT2D eigenvalue weighted by Crippen LogP contribution is -2.45. The zero-order valence-electron chi connectivity index (χ0n) is 13.9. The topological polar surface area (TPSA) is 55.4 Å². The zero-order chi connectivity index (χ0) is 16.8. The van der Waals surface area contributed by atoms with Crippen LogP contribution in [0.2, 0.25) is 0 Å². The number of amides is 1. The van der Waals surface area contributed by atoms with Gasteiger partial charge in [0.1, 0.15) is 6.04 Å². The lowest BCUT2D eigenvalue weighted by Gasteiger charge is -2.23. The standard InChI is InChI=1S/C17H25NO3S/c1-12(2)21-16(20)14(11-22-17(3,4)5)18-15(19)13-9-7-6-8-10-13/h6-10,12,14H,11H2,1-5H3,(H,18,19)/t14-/m0/s1. The Morgan fingerprint density at radius 1 is 1.18 bits per heavy atom. The molecule has 0 aromatic heterocycles. The van der Waals surface area contributed by atoms with Gasteiger partial charge in [0, 0.05) is 16.1 Å². The number of esters is 1. The third-order valence-corrected chi connectivity index (χ3v) is 4.03. The van der Waals surface area contributed by atoms with E-state index in [9.17, 15) is 9.59 Å². The number of hydrogen-bond acceptors (Lipinski definition) is 4. The summed E-state index contributed by atoms with van der Waals surface area (Å²) in [6, 6.07) is 8.21. The predicted octanol–water partition coefficient (Wildman–Crippen LogP) is 3.27. The fraction of sp³-hybridized carbons (Fsp3) is 0.529. The molecule has 0 aliphatic carbocycles. The number of rotatable bonds is 6. The van der Waals surface area contributed by atoms with Crippen molar-refractivity contribution in [1.82, 2.24) is 5.32 Å². The summed E-state index contributed by atoms with van der Waals surface area (Å²) in [6.07, 6.45) is -0.205. The average molecular weight is 323 g/mol. The molecule has 1 atom stereocenters. The Kier molecular flexibility index (Phi) is 6.94. The number of hydrogen-bond donors (Lipinski definition) is 1. The minimum absolute atomic E-state index is 0.00777. The van der Waals surface area contributed by atoms with Gasteiger partial charge in [-0.05, 0) is 26.0 Å². The van der Waals surface area contributed by atoms with Crippen LogP contribution in [-0.2, 0) is 9.53 Å². The summed E-state index contributed by atoms with van der Waals surface area (Å²) in [7, 11) is 0. The van der Waals surface area contributed by atoms with Crippen LogP contribution in [0.1, 0.15) is 45.0 Å². The SMILES string of the molecule is CC(C)OC(=O)[C@H](CSC(C)(C)C)NC(=O)c1ccccc1. The Morgan fingerprint density at radius 3 is 2.27 bits per heavy atom. The summed E-state index contributed by atoms with van der Waals surface area (Å²) in [4.78, 5) is 24.4. The van der Waals surface area contributed by atoms with Gasteiger partial charge in [0.25, 0.3) is 5.91 Å². The Balaban J connectivity index is 2.76. The largest absolute Gasteiger partial charge is 0.461 e. The Morgan fingerprint density at radius 2 is 1.77 bits per heavy atom. The van der Waals surface area contributed by atoms with Crippen molar-refractivity contribution >= 4 is 23.6 Å². The summed E-state index contributed by atoms with van der Waals surface area (Å²) in [6.45, 7) is 9.81. The van der Waals surface area contributed by atoms with E-state index < -0.39 is 12.0 Å². The number of carbonyl (C=O) groups excluding carboxylic acids is 2. The third kappa shape index (κ3) is 6.98. The normalized spacial score (nSPS) is 12.8. The van der Waals surface area contributed by atoms with E-state index in [0.717, 1.165) is 0 Å². The summed E-state index contributed by atoms with van der Waals surface area (Å²) in [5.41, 5.74) is 0.533. The van der Waals surface area contributed by atoms with E-state index in [0.29, 0.717) is 11.3 Å². The molecule has 0 spiro atoms. The van der Waals surface area contributed by atoms with Crippen molar-refractivity contribution in [2.24, 2.45) is 0 Å². The van der Waals surface area contributed by atoms with Gasteiger partial charge < -0.3 is 10.1 Å². The van der Waals surface area contributed by atoms with Crippen LogP contribution in [0, 0.1) is 0 Å². The van der Waals surface area contributed by atoms with Crippen LogP contribution >= 0.6 is 11.8 Å². The fourth-order valence-electron chi connectivity index (χ4n) is 1.65. The maximum Gasteiger partial charge on any atom is 0.329 e. The summed E-state index contributed by atoms with van der Waals surface area (Å²) >= 11 is 1.62. The molecule has 0 heterocycles. The van der Waals surface area contributed by atoms with E-state index >= 15 is 0 Å². The van der Waals surface area contributed by atoms with Crippen molar-refractivity contribution in [2.45, 2.75) is 51.5 Å². The molecule has 4 nitrogen and oxygen atoms in total. The van der Waals surface area contributed by atoms with Gasteiger partial charge in [0.2, 0.25) is 0 Å². The maximum absolute atomic E-state index is 12.2. The van der Waals surface area contributed by atoms with Gasteiger partial charge in [-0.1, -0.05) is 39.0 Å². The minimum atomic E-state index is -0.653. The number of ether oxygens (including phenoxy) is 1. The lowest BCUT2D eigenvalue weighted by atomic mass is 10.2. The van der Waals surface area contributed by atoms with Crippen molar-refractivity contribution in [3.8, 4) is 0 Å². The van der Waals surface area contributed by atoms with Crippen molar-refractivity contribution in [3.05, 3.63) is 35.9 Å². The van der Waals surface area contributed by atoms with E-state index in [1.54, 1.807) is 49.9 Å². The molecule has 1 aromatic rings. The second kappa shape index (κ2) is 8.22. The first-order chi connectivity index (χ1) is 10.2. The van der Waals surface area contributed by atoms with Gasteiger partial charge in [-0.15, -0.1) is 0 Å². The summed E-state index contributed by atoms with van der Waals surface area (Å²) in [5.74, 6) is -0.176. The first-order valence-electron chi connectivity index (χ1n) is 7.39. The Hall–Kier alpha value is -1.49. The number of benzene rings is 1. The fourth-order valence-corrected chi connectivity index (χ4v) is 2.53. The molecule has 5 heteroatoms. The molecule has 0 unspecified atom stereocenters. The van der Waals surface area contributed by atoms with Crippen LogP contribution in [0.25, 0.3) is 0 Å². The predicted molar refractivity (Wildman–Crippen MR) is 91.1 cm³/mol. The second-order valence-electron chi connectivity index (χ2n) is 6.30. The summed E-state index contributed by atoms with van der Waals surface area (Å²) < 4.78 is 5.26. The number of carbonyl (C=O) groups is 2. The van der Waals surface area contributed by atoms with E-state index in [4.69, 9.17) is 4.74 Å². The van der Waals surface area contributed by atoms with Crippen LogP contribution in [0.5, 0.6) is 0 Å². The van der Waals surface area contributed by atoms with Crippen molar-refractivity contribution < 1.29 is 14.3 Å². The van der Waals surface area contributed by atoms with Crippen LogP contribution in [-0.4, -0.2) is 34.5 Å². The molecule has 0 radical (unpaired) electrons. The molecule has 1 aromatic carbocycles. The highest BCUT2D eigenvalue weighted by Gasteiger charge is 2.26. The molecular formula is C17H25NO3S. The van der Waals surface area contributed by atoms with Crippen molar-refractivity contribution in [1.29, 1.82) is 0 Å². The molecule has 122 valence electrons. The van der Waals surface area contributed by atoms with E-state index in [-0.39, 0.29) is 16.8 Å². The molecule has 1 N–H and O–H groups in total. The maximum atomic E-state index is 12.2. The lowest BCUT2D eigenvalue weighted by molar-refractivity contribution is -0.149.